The Bertz CT molecular complexity index is 385. The van der Waals surface area contributed by atoms with E-state index >= 15 is 0 Å². The van der Waals surface area contributed by atoms with Crippen molar-refractivity contribution >= 4 is 12.2 Å². The quantitative estimate of drug-likeness (QED) is 0.194. The number of hydrogen-bond donors (Lipinski definition) is 2. The molecule has 0 radical (unpaired) electrons. The zero-order chi connectivity index (χ0) is 19.9. The molecule has 1 atom stereocenters. The average Bonchev–Trinajstić information content (AvgIpc) is 2.67. The van der Waals surface area contributed by atoms with Crippen molar-refractivity contribution in [3.05, 3.63) is 13.2 Å². The van der Waals surface area contributed by atoms with Gasteiger partial charge in [0.05, 0.1) is 6.04 Å². The maximum Gasteiger partial charge on any atom is 0.220 e. The minimum atomic E-state index is -0.413. The van der Waals surface area contributed by atoms with Crippen LogP contribution in [0.3, 0.4) is 0 Å². The van der Waals surface area contributed by atoms with Crippen LogP contribution in [-0.4, -0.2) is 24.8 Å². The van der Waals surface area contributed by atoms with Gasteiger partial charge >= 0.3 is 0 Å². The Morgan fingerprint density at radius 3 is 2.19 bits per heavy atom. The number of aldehydes is 1. The van der Waals surface area contributed by atoms with Gasteiger partial charge in [-0.3, -0.25) is 4.79 Å². The molecule has 1 unspecified atom stereocenters. The van der Waals surface area contributed by atoms with E-state index in [1.54, 1.807) is 0 Å². The van der Waals surface area contributed by atoms with Gasteiger partial charge in [0.15, 0.2) is 0 Å². The smallest absolute Gasteiger partial charge is 0.220 e. The molecule has 0 aromatic heterocycles. The predicted octanol–water partition coefficient (Wildman–Crippen LogP) is 4.53. The summed E-state index contributed by atoms with van der Waals surface area (Å²) in [6.07, 6.45) is 14.6. The van der Waals surface area contributed by atoms with E-state index < -0.39 is 6.04 Å². The molecule has 0 bridgehead atoms. The Labute approximate surface area is 161 Å². The zero-order valence-electron chi connectivity index (χ0n) is 16.9. The summed E-state index contributed by atoms with van der Waals surface area (Å²) in [5, 5.41) is 2.82. The molecular formula is C22H40N2O2. The van der Waals surface area contributed by atoms with E-state index in [1.165, 1.54) is 51.4 Å². The molecule has 0 spiro atoms. The van der Waals surface area contributed by atoms with Crippen molar-refractivity contribution in [2.45, 2.75) is 96.4 Å². The maximum absolute atomic E-state index is 11.6. The van der Waals surface area contributed by atoms with Crippen molar-refractivity contribution in [1.29, 1.82) is 0 Å². The molecule has 0 fully saturated rings. The molecule has 0 rings (SSSR count). The van der Waals surface area contributed by atoms with Gasteiger partial charge in [-0.05, 0) is 19.3 Å². The molecule has 4 nitrogen and oxygen atoms in total. The fourth-order valence-corrected chi connectivity index (χ4v) is 2.42. The van der Waals surface area contributed by atoms with Crippen molar-refractivity contribution < 1.29 is 9.59 Å². The number of unbranched alkanes of at least 4 members (excludes halogenated alkanes) is 8. The van der Waals surface area contributed by atoms with Crippen molar-refractivity contribution in [1.82, 2.24) is 5.32 Å². The second-order valence-electron chi connectivity index (χ2n) is 6.37. The van der Waals surface area contributed by atoms with E-state index in [9.17, 15) is 9.59 Å². The number of amides is 1. The van der Waals surface area contributed by atoms with Crippen LogP contribution in [0.4, 0.5) is 0 Å². The van der Waals surface area contributed by atoms with Gasteiger partial charge in [-0.15, -0.1) is 25.0 Å². The van der Waals surface area contributed by atoms with Crippen LogP contribution < -0.4 is 11.1 Å². The Kier molecular flexibility index (Phi) is 24.0. The van der Waals surface area contributed by atoms with E-state index in [0.717, 1.165) is 19.1 Å². The van der Waals surface area contributed by atoms with Gasteiger partial charge in [-0.25, -0.2) is 0 Å². The molecule has 0 aromatic carbocycles. The van der Waals surface area contributed by atoms with Crippen molar-refractivity contribution in [2.75, 3.05) is 6.54 Å². The van der Waals surface area contributed by atoms with Gasteiger partial charge in [0.2, 0.25) is 5.91 Å². The molecule has 0 aliphatic carbocycles. The van der Waals surface area contributed by atoms with E-state index in [0.29, 0.717) is 25.8 Å². The molecule has 1 amide bonds. The van der Waals surface area contributed by atoms with E-state index in [-0.39, 0.29) is 5.91 Å². The largest absolute Gasteiger partial charge is 0.356 e. The molecular weight excluding hydrogens is 324 g/mol. The molecule has 4 heteroatoms. The van der Waals surface area contributed by atoms with E-state index in [4.69, 9.17) is 5.73 Å². The highest BCUT2D eigenvalue weighted by Crippen LogP contribution is 2.09. The van der Waals surface area contributed by atoms with Crippen LogP contribution in [0.15, 0.2) is 13.2 Å². The molecule has 0 saturated carbocycles. The van der Waals surface area contributed by atoms with Gasteiger partial charge in [0.25, 0.3) is 0 Å². The topological polar surface area (TPSA) is 72.2 Å². The van der Waals surface area contributed by atoms with Crippen molar-refractivity contribution in [3.8, 4) is 11.8 Å². The normalized spacial score (nSPS) is 10.7. The first kappa shape index (κ1) is 26.6. The fourth-order valence-electron chi connectivity index (χ4n) is 2.42. The minimum absolute atomic E-state index is 0.0241. The van der Waals surface area contributed by atoms with Crippen molar-refractivity contribution in [3.63, 3.8) is 0 Å². The molecule has 0 aliphatic heterocycles. The second kappa shape index (κ2) is 23.4. The summed E-state index contributed by atoms with van der Waals surface area (Å²) < 4.78 is 0. The summed E-state index contributed by atoms with van der Waals surface area (Å²) >= 11 is 0. The standard InChI is InChI=1S/C20H36N2O2.C2H4/c1-2-3-4-5-6-7-8-9-10-11-12-13-16-20(24)22-17-14-15-19(21)18-23;1-2/h18-19H,2-10,13-17,21H2,1H3,(H,22,24);1-2H2. The molecule has 3 N–H and O–H groups in total. The lowest BCUT2D eigenvalue weighted by Gasteiger charge is -2.05. The molecule has 0 aromatic rings. The molecule has 0 aliphatic rings. The summed E-state index contributed by atoms with van der Waals surface area (Å²) in [6, 6.07) is -0.413. The van der Waals surface area contributed by atoms with Crippen LogP contribution in [0.2, 0.25) is 0 Å². The number of carbonyl (C=O) groups excluding carboxylic acids is 2. The summed E-state index contributed by atoms with van der Waals surface area (Å²) in [6.45, 7) is 8.82. The van der Waals surface area contributed by atoms with Crippen LogP contribution in [-0.2, 0) is 9.59 Å². The van der Waals surface area contributed by atoms with Crippen molar-refractivity contribution in [2.24, 2.45) is 5.73 Å². The molecule has 150 valence electrons. The number of rotatable bonds is 15. The van der Waals surface area contributed by atoms with Crippen LogP contribution >= 0.6 is 0 Å². The third-order valence-electron chi connectivity index (χ3n) is 3.97. The molecule has 26 heavy (non-hydrogen) atoms. The predicted molar refractivity (Wildman–Crippen MR) is 112 cm³/mol. The van der Waals surface area contributed by atoms with E-state index in [2.05, 4.69) is 37.2 Å². The van der Waals surface area contributed by atoms with Crippen LogP contribution in [0.1, 0.15) is 90.4 Å². The van der Waals surface area contributed by atoms with Gasteiger partial charge in [-0.1, -0.05) is 51.9 Å². The van der Waals surface area contributed by atoms with Crippen LogP contribution in [0, 0.1) is 11.8 Å². The van der Waals surface area contributed by atoms with Crippen LogP contribution in [0.25, 0.3) is 0 Å². The number of hydrogen-bond acceptors (Lipinski definition) is 3. The first-order valence-corrected chi connectivity index (χ1v) is 10.1. The third kappa shape index (κ3) is 22.4. The van der Waals surface area contributed by atoms with Gasteiger partial charge in [0, 0.05) is 25.8 Å². The third-order valence-corrected chi connectivity index (χ3v) is 3.97. The van der Waals surface area contributed by atoms with Crippen LogP contribution in [0.5, 0.6) is 0 Å². The summed E-state index contributed by atoms with van der Waals surface area (Å²) in [5.41, 5.74) is 5.48. The first-order chi connectivity index (χ1) is 12.7. The summed E-state index contributed by atoms with van der Waals surface area (Å²) in [4.78, 5) is 21.9. The lowest BCUT2D eigenvalue weighted by atomic mass is 10.1. The monoisotopic (exact) mass is 364 g/mol. The number of carbonyl (C=O) groups is 2. The Morgan fingerprint density at radius 1 is 1.00 bits per heavy atom. The lowest BCUT2D eigenvalue weighted by Crippen LogP contribution is -2.27. The Morgan fingerprint density at radius 2 is 1.58 bits per heavy atom. The minimum Gasteiger partial charge on any atom is -0.356 e. The highest BCUT2D eigenvalue weighted by Gasteiger charge is 2.01. The zero-order valence-corrected chi connectivity index (χ0v) is 16.9. The average molecular weight is 365 g/mol. The SMILES string of the molecule is C=C.CCCCCCCCCCC#CCCC(=O)NCCCC(N)C=O. The second-order valence-corrected chi connectivity index (χ2v) is 6.37. The maximum atomic E-state index is 11.6. The fraction of sp³-hybridized carbons (Fsp3) is 0.727. The van der Waals surface area contributed by atoms with E-state index in [1.807, 2.05) is 0 Å². The highest BCUT2D eigenvalue weighted by atomic mass is 16.1. The number of nitrogens with two attached hydrogens (primary N) is 1. The van der Waals surface area contributed by atoms with Gasteiger partial charge < -0.3 is 15.8 Å². The van der Waals surface area contributed by atoms with Gasteiger partial charge in [-0.2, -0.15) is 0 Å². The summed E-state index contributed by atoms with van der Waals surface area (Å²) in [5.74, 6) is 6.26. The molecule has 0 saturated heterocycles. The first-order valence-electron chi connectivity index (χ1n) is 10.1. The highest BCUT2D eigenvalue weighted by molar-refractivity contribution is 5.76. The summed E-state index contributed by atoms with van der Waals surface area (Å²) in [7, 11) is 0. The Balaban J connectivity index is 0. The number of nitrogens with one attached hydrogen (secondary N) is 1. The Hall–Kier alpha value is -1.60. The molecule has 0 heterocycles. The van der Waals surface area contributed by atoms with Gasteiger partial charge in [0.1, 0.15) is 6.29 Å². The lowest BCUT2D eigenvalue weighted by molar-refractivity contribution is -0.120.